The van der Waals surface area contributed by atoms with Crippen LogP contribution in [0.1, 0.15) is 38.4 Å². The van der Waals surface area contributed by atoms with Crippen molar-refractivity contribution in [1.82, 2.24) is 20.1 Å². The van der Waals surface area contributed by atoms with Crippen LogP contribution in [0.2, 0.25) is 0 Å². The summed E-state index contributed by atoms with van der Waals surface area (Å²) < 4.78 is 35.1. The SMILES string of the molecule is CCCc1noc(N2CCC(COc3cnc(N4CCC(N)C4)nc3)CC2)n1.Fc1ccc(F)cc1. The molecule has 194 valence electrons. The van der Waals surface area contributed by atoms with Crippen molar-refractivity contribution in [3.63, 3.8) is 0 Å². The van der Waals surface area contributed by atoms with Gasteiger partial charge in [0.05, 0.1) is 19.0 Å². The minimum atomic E-state index is -0.411. The maximum atomic E-state index is 11.9. The molecule has 0 bridgehead atoms. The maximum absolute atomic E-state index is 11.9. The molecule has 11 heteroatoms. The highest BCUT2D eigenvalue weighted by Gasteiger charge is 2.24. The molecule has 9 nitrogen and oxygen atoms in total. The Labute approximate surface area is 209 Å². The number of piperidine rings is 1. The van der Waals surface area contributed by atoms with Gasteiger partial charge in [0.15, 0.2) is 11.6 Å². The minimum absolute atomic E-state index is 0.218. The van der Waals surface area contributed by atoms with Gasteiger partial charge in [0.2, 0.25) is 5.95 Å². The molecule has 2 aromatic heterocycles. The van der Waals surface area contributed by atoms with E-state index in [1.54, 1.807) is 12.4 Å². The molecule has 0 amide bonds. The molecule has 0 spiro atoms. The van der Waals surface area contributed by atoms with Crippen LogP contribution in [0.5, 0.6) is 5.75 Å². The van der Waals surface area contributed by atoms with Crippen LogP contribution in [0.25, 0.3) is 0 Å². The average Bonchev–Trinajstić information content (AvgIpc) is 3.55. The van der Waals surface area contributed by atoms with Crippen molar-refractivity contribution >= 4 is 12.0 Å². The number of rotatable bonds is 7. The van der Waals surface area contributed by atoms with E-state index in [0.29, 0.717) is 18.5 Å². The molecular formula is C25H33F2N7O2. The maximum Gasteiger partial charge on any atom is 0.324 e. The quantitative estimate of drug-likeness (QED) is 0.520. The molecular weight excluding hydrogens is 468 g/mol. The number of hydrogen-bond donors (Lipinski definition) is 1. The van der Waals surface area contributed by atoms with Gasteiger partial charge in [-0.05, 0) is 55.9 Å². The highest BCUT2D eigenvalue weighted by Crippen LogP contribution is 2.23. The second kappa shape index (κ2) is 12.6. The van der Waals surface area contributed by atoms with E-state index >= 15 is 0 Å². The number of ether oxygens (including phenoxy) is 1. The van der Waals surface area contributed by atoms with Crippen LogP contribution in [-0.4, -0.2) is 58.9 Å². The van der Waals surface area contributed by atoms with Gasteiger partial charge in [-0.2, -0.15) is 4.98 Å². The fourth-order valence-electron chi connectivity index (χ4n) is 4.15. The van der Waals surface area contributed by atoms with Crippen molar-refractivity contribution < 1.29 is 18.0 Å². The van der Waals surface area contributed by atoms with Gasteiger partial charge in [0, 0.05) is 38.6 Å². The van der Waals surface area contributed by atoms with Crippen molar-refractivity contribution in [3.05, 3.63) is 54.1 Å². The van der Waals surface area contributed by atoms with Crippen LogP contribution >= 0.6 is 0 Å². The van der Waals surface area contributed by atoms with Gasteiger partial charge in [-0.15, -0.1) is 0 Å². The summed E-state index contributed by atoms with van der Waals surface area (Å²) in [5, 5.41) is 4.04. The van der Waals surface area contributed by atoms with Gasteiger partial charge in [-0.3, -0.25) is 0 Å². The average molecular weight is 502 g/mol. The van der Waals surface area contributed by atoms with Gasteiger partial charge < -0.3 is 24.8 Å². The minimum Gasteiger partial charge on any atom is -0.490 e. The lowest BCUT2D eigenvalue weighted by molar-refractivity contribution is 0.219. The summed E-state index contributed by atoms with van der Waals surface area (Å²) in [6.45, 7) is 6.34. The number of benzene rings is 1. The lowest BCUT2D eigenvalue weighted by atomic mass is 9.98. The molecule has 2 N–H and O–H groups in total. The number of nitrogens with two attached hydrogens (primary N) is 1. The number of aromatic nitrogens is 4. The number of halogens is 2. The van der Waals surface area contributed by atoms with Gasteiger partial charge in [-0.1, -0.05) is 12.1 Å². The van der Waals surface area contributed by atoms with E-state index in [-0.39, 0.29) is 6.04 Å². The Balaban J connectivity index is 0.000000325. The number of anilines is 2. The first-order valence-corrected chi connectivity index (χ1v) is 12.4. The Hall–Kier alpha value is -3.34. The van der Waals surface area contributed by atoms with E-state index in [1.807, 2.05) is 0 Å². The normalized spacial score (nSPS) is 18.2. The highest BCUT2D eigenvalue weighted by atomic mass is 19.1. The third kappa shape index (κ3) is 7.33. The summed E-state index contributed by atoms with van der Waals surface area (Å²) in [6, 6.07) is 5.18. The molecule has 2 aliphatic heterocycles. The van der Waals surface area contributed by atoms with Crippen LogP contribution in [0.3, 0.4) is 0 Å². The first kappa shape index (κ1) is 25.7. The highest BCUT2D eigenvalue weighted by molar-refractivity contribution is 5.33. The van der Waals surface area contributed by atoms with Gasteiger partial charge in [0.25, 0.3) is 0 Å². The van der Waals surface area contributed by atoms with Crippen molar-refractivity contribution in [2.45, 2.75) is 45.1 Å². The molecule has 1 atom stereocenters. The van der Waals surface area contributed by atoms with Crippen LogP contribution in [-0.2, 0) is 6.42 Å². The topological polar surface area (TPSA) is 106 Å². The summed E-state index contributed by atoms with van der Waals surface area (Å²) in [4.78, 5) is 17.6. The lowest BCUT2D eigenvalue weighted by Gasteiger charge is -2.30. The van der Waals surface area contributed by atoms with E-state index in [4.69, 9.17) is 15.0 Å². The van der Waals surface area contributed by atoms with Crippen molar-refractivity contribution in [1.29, 1.82) is 0 Å². The number of nitrogens with zero attached hydrogens (tertiary/aromatic N) is 6. The van der Waals surface area contributed by atoms with E-state index in [2.05, 4.69) is 36.8 Å². The van der Waals surface area contributed by atoms with E-state index in [9.17, 15) is 8.78 Å². The molecule has 5 rings (SSSR count). The molecule has 36 heavy (non-hydrogen) atoms. The van der Waals surface area contributed by atoms with Crippen LogP contribution in [0.15, 0.2) is 41.2 Å². The fraction of sp³-hybridized carbons (Fsp3) is 0.520. The van der Waals surface area contributed by atoms with Crippen LogP contribution < -0.4 is 20.3 Å². The second-order valence-electron chi connectivity index (χ2n) is 9.13. The zero-order valence-electron chi connectivity index (χ0n) is 20.5. The first-order chi connectivity index (χ1) is 17.5. The van der Waals surface area contributed by atoms with E-state index < -0.39 is 11.6 Å². The second-order valence-corrected chi connectivity index (χ2v) is 9.13. The van der Waals surface area contributed by atoms with Gasteiger partial charge in [-0.25, -0.2) is 18.7 Å². The molecule has 0 aliphatic carbocycles. The molecule has 4 heterocycles. The first-order valence-electron chi connectivity index (χ1n) is 12.4. The summed E-state index contributed by atoms with van der Waals surface area (Å²) in [7, 11) is 0. The molecule has 2 fully saturated rings. The molecule has 0 saturated carbocycles. The van der Waals surface area contributed by atoms with Gasteiger partial charge >= 0.3 is 6.01 Å². The van der Waals surface area contributed by atoms with Gasteiger partial charge in [0.1, 0.15) is 11.6 Å². The molecule has 0 radical (unpaired) electrons. The summed E-state index contributed by atoms with van der Waals surface area (Å²) in [5.74, 6) is 1.93. The predicted octanol–water partition coefficient (Wildman–Crippen LogP) is 3.61. The zero-order chi connectivity index (χ0) is 25.3. The summed E-state index contributed by atoms with van der Waals surface area (Å²) in [5.41, 5.74) is 5.95. The largest absolute Gasteiger partial charge is 0.490 e. The zero-order valence-corrected chi connectivity index (χ0v) is 20.5. The Morgan fingerprint density at radius 2 is 1.64 bits per heavy atom. The third-order valence-electron chi connectivity index (χ3n) is 6.23. The van der Waals surface area contributed by atoms with Crippen molar-refractivity contribution in [3.8, 4) is 5.75 Å². The number of aryl methyl sites for hydroxylation is 1. The molecule has 2 aliphatic rings. The van der Waals surface area contributed by atoms with Crippen molar-refractivity contribution in [2.75, 3.05) is 42.6 Å². The van der Waals surface area contributed by atoms with E-state index in [1.165, 1.54) is 0 Å². The Bertz CT molecular complexity index is 1040. The van der Waals surface area contributed by atoms with Crippen LogP contribution in [0.4, 0.5) is 20.7 Å². The fourth-order valence-corrected chi connectivity index (χ4v) is 4.15. The Kier molecular flexibility index (Phi) is 8.99. The smallest absolute Gasteiger partial charge is 0.324 e. The summed E-state index contributed by atoms with van der Waals surface area (Å²) >= 11 is 0. The molecule has 1 aromatic carbocycles. The van der Waals surface area contributed by atoms with Crippen LogP contribution in [0, 0.1) is 17.6 Å². The molecule has 3 aromatic rings. The lowest BCUT2D eigenvalue weighted by Crippen LogP contribution is -2.35. The Morgan fingerprint density at radius 3 is 2.22 bits per heavy atom. The Morgan fingerprint density at radius 1 is 1.00 bits per heavy atom. The molecule has 1 unspecified atom stereocenters. The predicted molar refractivity (Wildman–Crippen MR) is 132 cm³/mol. The van der Waals surface area contributed by atoms with Crippen molar-refractivity contribution in [2.24, 2.45) is 11.7 Å². The third-order valence-corrected chi connectivity index (χ3v) is 6.23. The van der Waals surface area contributed by atoms with E-state index in [0.717, 1.165) is 100 Å². The molecule has 2 saturated heterocycles. The standard InChI is InChI=1S/C19H29N7O2.C6H4F2/c1-2-3-17-23-19(28-24-17)25-7-4-14(5-8-25)13-27-16-10-21-18(22-11-16)26-9-6-15(20)12-26;7-5-1-2-6(8)4-3-5/h10-11,14-15H,2-9,12-13,20H2,1H3;1-4H. The monoisotopic (exact) mass is 501 g/mol. The number of hydrogen-bond acceptors (Lipinski definition) is 9. The summed E-state index contributed by atoms with van der Waals surface area (Å²) in [6.07, 6.45) is 8.47.